The standard InChI is InChI=1S/C14H17NO4/c1-18-14(17)7-6-13(16)15-8-10-9-19-12-5-3-2-4-11(10)12/h2-5,10H,6-9H2,1H3,(H,15,16). The molecule has 0 saturated heterocycles. The van der Waals surface area contributed by atoms with Crippen LogP contribution < -0.4 is 10.1 Å². The van der Waals surface area contributed by atoms with E-state index >= 15 is 0 Å². The molecular weight excluding hydrogens is 246 g/mol. The summed E-state index contributed by atoms with van der Waals surface area (Å²) in [6, 6.07) is 7.82. The predicted octanol–water partition coefficient (Wildman–Crippen LogP) is 1.23. The molecule has 0 aliphatic carbocycles. The molecule has 1 aliphatic heterocycles. The van der Waals surface area contributed by atoms with Crippen LogP contribution in [-0.4, -0.2) is 32.1 Å². The Kier molecular flexibility index (Phi) is 4.39. The van der Waals surface area contributed by atoms with E-state index in [1.165, 1.54) is 7.11 Å². The first-order chi connectivity index (χ1) is 9.20. The van der Waals surface area contributed by atoms with E-state index in [9.17, 15) is 9.59 Å². The normalized spacial score (nSPS) is 16.4. The van der Waals surface area contributed by atoms with Gasteiger partial charge in [-0.25, -0.2) is 0 Å². The zero-order valence-electron chi connectivity index (χ0n) is 10.8. The van der Waals surface area contributed by atoms with E-state index < -0.39 is 0 Å². The lowest BCUT2D eigenvalue weighted by molar-refractivity contribution is -0.142. The average molecular weight is 263 g/mol. The molecule has 5 nitrogen and oxygen atoms in total. The van der Waals surface area contributed by atoms with Crippen molar-refractivity contribution >= 4 is 11.9 Å². The van der Waals surface area contributed by atoms with Crippen LogP contribution in [0.25, 0.3) is 0 Å². The molecule has 1 aromatic rings. The number of ether oxygens (including phenoxy) is 2. The van der Waals surface area contributed by atoms with E-state index in [4.69, 9.17) is 4.74 Å². The fraction of sp³-hybridized carbons (Fsp3) is 0.429. The summed E-state index contributed by atoms with van der Waals surface area (Å²) in [4.78, 5) is 22.5. The van der Waals surface area contributed by atoms with Crippen LogP contribution >= 0.6 is 0 Å². The van der Waals surface area contributed by atoms with Crippen LogP contribution in [0, 0.1) is 0 Å². The number of benzene rings is 1. The second kappa shape index (κ2) is 6.22. The van der Waals surface area contributed by atoms with Gasteiger partial charge in [-0.15, -0.1) is 0 Å². The number of carbonyl (C=O) groups excluding carboxylic acids is 2. The van der Waals surface area contributed by atoms with Crippen molar-refractivity contribution in [1.29, 1.82) is 0 Å². The van der Waals surface area contributed by atoms with E-state index in [1.807, 2.05) is 24.3 Å². The van der Waals surface area contributed by atoms with Crippen molar-refractivity contribution in [3.8, 4) is 5.75 Å². The fourth-order valence-corrected chi connectivity index (χ4v) is 2.04. The number of fused-ring (bicyclic) bond motifs is 1. The third-order valence-electron chi connectivity index (χ3n) is 3.13. The monoisotopic (exact) mass is 263 g/mol. The quantitative estimate of drug-likeness (QED) is 0.812. The molecule has 1 aliphatic rings. The number of rotatable bonds is 5. The molecule has 2 rings (SSSR count). The molecule has 0 aromatic heterocycles. The van der Waals surface area contributed by atoms with Crippen molar-refractivity contribution in [2.75, 3.05) is 20.3 Å². The Morgan fingerprint density at radius 2 is 2.16 bits per heavy atom. The van der Waals surface area contributed by atoms with Crippen molar-refractivity contribution in [2.45, 2.75) is 18.8 Å². The first-order valence-corrected chi connectivity index (χ1v) is 6.26. The van der Waals surface area contributed by atoms with E-state index in [2.05, 4.69) is 10.1 Å². The predicted molar refractivity (Wildman–Crippen MR) is 68.9 cm³/mol. The molecule has 0 saturated carbocycles. The highest BCUT2D eigenvalue weighted by Crippen LogP contribution is 2.32. The van der Waals surface area contributed by atoms with Gasteiger partial charge in [0.1, 0.15) is 5.75 Å². The van der Waals surface area contributed by atoms with Crippen LogP contribution in [0.2, 0.25) is 0 Å². The molecule has 0 spiro atoms. The SMILES string of the molecule is COC(=O)CCC(=O)NCC1COc2ccccc21. The number of hydrogen-bond donors (Lipinski definition) is 1. The van der Waals surface area contributed by atoms with Crippen LogP contribution in [0.5, 0.6) is 5.75 Å². The zero-order chi connectivity index (χ0) is 13.7. The number of para-hydroxylation sites is 1. The molecule has 102 valence electrons. The van der Waals surface area contributed by atoms with Crippen LogP contribution in [0.4, 0.5) is 0 Å². The minimum Gasteiger partial charge on any atom is -0.493 e. The summed E-state index contributed by atoms with van der Waals surface area (Å²) < 4.78 is 10.0. The number of methoxy groups -OCH3 is 1. The Balaban J connectivity index is 1.78. The summed E-state index contributed by atoms with van der Waals surface area (Å²) in [6.07, 6.45) is 0.266. The first-order valence-electron chi connectivity index (χ1n) is 6.26. The molecular formula is C14H17NO4. The van der Waals surface area contributed by atoms with Gasteiger partial charge in [0, 0.05) is 24.4 Å². The van der Waals surface area contributed by atoms with E-state index in [0.717, 1.165) is 11.3 Å². The molecule has 19 heavy (non-hydrogen) atoms. The maximum Gasteiger partial charge on any atom is 0.306 e. The summed E-state index contributed by atoms with van der Waals surface area (Å²) >= 11 is 0. The lowest BCUT2D eigenvalue weighted by Gasteiger charge is -2.10. The van der Waals surface area contributed by atoms with E-state index in [1.54, 1.807) is 0 Å². The fourth-order valence-electron chi connectivity index (χ4n) is 2.04. The van der Waals surface area contributed by atoms with Gasteiger partial charge < -0.3 is 14.8 Å². The Bertz CT molecular complexity index is 472. The third kappa shape index (κ3) is 3.47. The zero-order valence-corrected chi connectivity index (χ0v) is 10.8. The molecule has 0 radical (unpaired) electrons. The van der Waals surface area contributed by atoms with Gasteiger partial charge in [-0.2, -0.15) is 0 Å². The van der Waals surface area contributed by atoms with Crippen LogP contribution in [-0.2, 0) is 14.3 Å². The van der Waals surface area contributed by atoms with Crippen LogP contribution in [0.15, 0.2) is 24.3 Å². The molecule has 1 atom stereocenters. The summed E-state index contributed by atoms with van der Waals surface area (Å²) in [5.74, 6) is 0.550. The molecule has 0 bridgehead atoms. The van der Waals surface area contributed by atoms with Gasteiger partial charge in [0.15, 0.2) is 0 Å². The van der Waals surface area contributed by atoms with E-state index in [-0.39, 0.29) is 30.6 Å². The second-order valence-electron chi connectivity index (χ2n) is 4.43. The van der Waals surface area contributed by atoms with Gasteiger partial charge in [0.05, 0.1) is 20.1 Å². The molecule has 1 aromatic carbocycles. The first kappa shape index (κ1) is 13.4. The Morgan fingerprint density at radius 3 is 2.95 bits per heavy atom. The molecule has 1 heterocycles. The number of nitrogens with one attached hydrogen (secondary N) is 1. The number of esters is 1. The lowest BCUT2D eigenvalue weighted by Crippen LogP contribution is -2.29. The van der Waals surface area contributed by atoms with Crippen LogP contribution in [0.1, 0.15) is 24.3 Å². The van der Waals surface area contributed by atoms with E-state index in [0.29, 0.717) is 13.2 Å². The van der Waals surface area contributed by atoms with Gasteiger partial charge in [-0.3, -0.25) is 9.59 Å². The van der Waals surface area contributed by atoms with Crippen molar-refractivity contribution in [1.82, 2.24) is 5.32 Å². The highest BCUT2D eigenvalue weighted by atomic mass is 16.5. The van der Waals surface area contributed by atoms with Gasteiger partial charge in [-0.05, 0) is 6.07 Å². The topological polar surface area (TPSA) is 64.6 Å². The van der Waals surface area contributed by atoms with Crippen molar-refractivity contribution < 1.29 is 19.1 Å². The van der Waals surface area contributed by atoms with Gasteiger partial charge in [0.2, 0.25) is 5.91 Å². The molecule has 1 unspecified atom stereocenters. The number of hydrogen-bond acceptors (Lipinski definition) is 4. The molecule has 1 amide bonds. The van der Waals surface area contributed by atoms with Gasteiger partial charge >= 0.3 is 5.97 Å². The van der Waals surface area contributed by atoms with Gasteiger partial charge in [0.25, 0.3) is 0 Å². The van der Waals surface area contributed by atoms with Crippen molar-refractivity contribution in [3.05, 3.63) is 29.8 Å². The van der Waals surface area contributed by atoms with Crippen molar-refractivity contribution in [2.24, 2.45) is 0 Å². The highest BCUT2D eigenvalue weighted by molar-refractivity contribution is 5.81. The summed E-state index contributed by atoms with van der Waals surface area (Å²) in [5.41, 5.74) is 1.12. The molecule has 0 fully saturated rings. The molecule has 5 heteroatoms. The van der Waals surface area contributed by atoms with Gasteiger partial charge in [-0.1, -0.05) is 18.2 Å². The number of carbonyl (C=O) groups is 2. The number of amides is 1. The average Bonchev–Trinajstić information content (AvgIpc) is 2.85. The third-order valence-corrected chi connectivity index (χ3v) is 3.13. The summed E-state index contributed by atoms with van der Waals surface area (Å²) in [7, 11) is 1.31. The minimum atomic E-state index is -0.371. The lowest BCUT2D eigenvalue weighted by atomic mass is 10.0. The second-order valence-corrected chi connectivity index (χ2v) is 4.43. The minimum absolute atomic E-state index is 0.111. The maximum atomic E-state index is 11.6. The maximum absolute atomic E-state index is 11.6. The van der Waals surface area contributed by atoms with Crippen molar-refractivity contribution in [3.63, 3.8) is 0 Å². The summed E-state index contributed by atoms with van der Waals surface area (Å²) in [5, 5.41) is 2.82. The Labute approximate surface area is 111 Å². The smallest absolute Gasteiger partial charge is 0.306 e. The molecule has 1 N–H and O–H groups in total. The van der Waals surface area contributed by atoms with Crippen LogP contribution in [0.3, 0.4) is 0 Å². The Morgan fingerprint density at radius 1 is 1.37 bits per heavy atom. The largest absolute Gasteiger partial charge is 0.493 e. The summed E-state index contributed by atoms with van der Waals surface area (Å²) in [6.45, 7) is 1.10. The highest BCUT2D eigenvalue weighted by Gasteiger charge is 2.23. The Hall–Kier alpha value is -2.04.